The van der Waals surface area contributed by atoms with E-state index in [1.807, 2.05) is 30.3 Å². The summed E-state index contributed by atoms with van der Waals surface area (Å²) < 4.78 is 38.0. The zero-order chi connectivity index (χ0) is 21.4. The highest BCUT2D eigenvalue weighted by Gasteiger charge is 2.61. The lowest BCUT2D eigenvalue weighted by Gasteiger charge is -2.38. The lowest BCUT2D eigenvalue weighted by Crippen LogP contribution is -2.57. The van der Waals surface area contributed by atoms with Crippen molar-refractivity contribution in [2.24, 2.45) is 0 Å². The molecule has 2 aromatic rings. The van der Waals surface area contributed by atoms with Gasteiger partial charge in [-0.1, -0.05) is 41.9 Å². The van der Waals surface area contributed by atoms with Crippen LogP contribution in [0.5, 0.6) is 0 Å². The second kappa shape index (κ2) is 7.86. The summed E-state index contributed by atoms with van der Waals surface area (Å²) in [6.07, 6.45) is 1.97. The van der Waals surface area contributed by atoms with Crippen molar-refractivity contribution in [2.45, 2.75) is 29.0 Å². The summed E-state index contributed by atoms with van der Waals surface area (Å²) in [4.78, 5) is 26.1. The van der Waals surface area contributed by atoms with Gasteiger partial charge in [-0.15, -0.1) is 0 Å². The van der Waals surface area contributed by atoms with Crippen LogP contribution in [0.15, 0.2) is 71.6 Å². The van der Waals surface area contributed by atoms with Gasteiger partial charge in [0, 0.05) is 30.3 Å². The van der Waals surface area contributed by atoms with Gasteiger partial charge >= 0.3 is 17.8 Å². The Kier molecular flexibility index (Phi) is 5.40. The molecule has 156 valence electrons. The number of ether oxygens (including phenoxy) is 2. The van der Waals surface area contributed by atoms with Crippen molar-refractivity contribution in [3.8, 4) is 0 Å². The summed E-state index contributed by atoms with van der Waals surface area (Å²) in [5.41, 5.74) is 0.853. The molecule has 2 aliphatic rings. The smallest absolute Gasteiger partial charge is 0.339 e. The summed E-state index contributed by atoms with van der Waals surface area (Å²) in [5.74, 6) is -3.78. The molecule has 1 unspecified atom stereocenters. The van der Waals surface area contributed by atoms with Gasteiger partial charge < -0.3 is 9.47 Å². The van der Waals surface area contributed by atoms with E-state index >= 15 is 0 Å². The minimum Gasteiger partial charge on any atom is -0.404 e. The molecule has 0 saturated carbocycles. The topological polar surface area (TPSA) is 90.0 Å². The fourth-order valence-electron chi connectivity index (χ4n) is 3.72. The lowest BCUT2D eigenvalue weighted by atomic mass is 10.2. The van der Waals surface area contributed by atoms with Crippen LogP contribution in [0.25, 0.3) is 0 Å². The zero-order valence-corrected chi connectivity index (χ0v) is 17.3. The van der Waals surface area contributed by atoms with Crippen LogP contribution in [0, 0.1) is 0 Å². The average molecular weight is 448 g/mol. The van der Waals surface area contributed by atoms with Crippen LogP contribution in [0.1, 0.15) is 12.0 Å². The average Bonchev–Trinajstić information content (AvgIpc) is 2.96. The molecule has 2 aromatic carbocycles. The van der Waals surface area contributed by atoms with Crippen molar-refractivity contribution in [3.05, 3.63) is 77.3 Å². The van der Waals surface area contributed by atoms with Crippen LogP contribution >= 0.6 is 11.6 Å². The first-order valence-electron chi connectivity index (χ1n) is 9.24. The molecule has 0 aromatic heterocycles. The number of carbonyl (C=O) groups is 2. The van der Waals surface area contributed by atoms with Crippen LogP contribution in [0.2, 0.25) is 5.02 Å². The van der Waals surface area contributed by atoms with Gasteiger partial charge in [-0.3, -0.25) is 0 Å². The normalized spacial score (nSPS) is 21.3. The lowest BCUT2D eigenvalue weighted by molar-refractivity contribution is -0.269. The van der Waals surface area contributed by atoms with E-state index in [0.717, 1.165) is 17.7 Å². The molecule has 30 heavy (non-hydrogen) atoms. The van der Waals surface area contributed by atoms with E-state index < -0.39 is 32.9 Å². The minimum atomic E-state index is -4.03. The number of hydrogen-bond donors (Lipinski definition) is 0. The van der Waals surface area contributed by atoms with E-state index in [1.165, 1.54) is 24.3 Å². The standard InChI is InChI=1S/C21H18ClNO6S/c22-16-6-8-17(9-7-16)30(26,27)18-12-13-23(14-15-4-2-1-3-5-15)21(18)28-19(24)10-11-20(25)29-21/h1-11,18H,12-14H2. The van der Waals surface area contributed by atoms with Crippen molar-refractivity contribution < 1.29 is 27.5 Å². The summed E-state index contributed by atoms with van der Waals surface area (Å²) in [6, 6.07) is 14.9. The molecule has 9 heteroatoms. The maximum Gasteiger partial charge on any atom is 0.339 e. The number of nitrogens with zero attached hydrogens (tertiary/aromatic N) is 1. The number of benzene rings is 2. The number of carbonyl (C=O) groups excluding carboxylic acids is 2. The summed E-state index contributed by atoms with van der Waals surface area (Å²) >= 11 is 5.89. The van der Waals surface area contributed by atoms with Crippen LogP contribution in [-0.2, 0) is 35.4 Å². The summed E-state index contributed by atoms with van der Waals surface area (Å²) in [6.45, 7) is 0.473. The minimum absolute atomic E-state index is 0.00198. The molecule has 1 fully saturated rings. The molecule has 4 rings (SSSR count). The number of hydrogen-bond acceptors (Lipinski definition) is 7. The van der Waals surface area contributed by atoms with Gasteiger partial charge in [-0.25, -0.2) is 22.9 Å². The molecule has 0 aliphatic carbocycles. The summed E-state index contributed by atoms with van der Waals surface area (Å²) in [5, 5.41) is -0.917. The molecule has 7 nitrogen and oxygen atoms in total. The van der Waals surface area contributed by atoms with E-state index in [0.29, 0.717) is 5.02 Å². The molecule has 1 saturated heterocycles. The Morgan fingerprint density at radius 3 is 2.17 bits per heavy atom. The number of likely N-dealkylation sites (tertiary alicyclic amines) is 1. The van der Waals surface area contributed by atoms with Crippen molar-refractivity contribution in [2.75, 3.05) is 6.54 Å². The Hall–Kier alpha value is -2.68. The first kappa shape index (κ1) is 20.6. The molecule has 1 atom stereocenters. The van der Waals surface area contributed by atoms with E-state index in [4.69, 9.17) is 21.1 Å². The van der Waals surface area contributed by atoms with Crippen molar-refractivity contribution >= 4 is 33.4 Å². The Morgan fingerprint density at radius 2 is 1.57 bits per heavy atom. The molecule has 0 N–H and O–H groups in total. The fraction of sp³-hybridized carbons (Fsp3) is 0.238. The second-order valence-corrected chi connectivity index (χ2v) is 9.56. The predicted octanol–water partition coefficient (Wildman–Crippen LogP) is 2.70. The van der Waals surface area contributed by atoms with Crippen LogP contribution in [0.4, 0.5) is 0 Å². The van der Waals surface area contributed by atoms with Crippen molar-refractivity contribution in [3.63, 3.8) is 0 Å². The highest BCUT2D eigenvalue weighted by Crippen LogP contribution is 2.41. The van der Waals surface area contributed by atoms with Crippen LogP contribution in [0.3, 0.4) is 0 Å². The van der Waals surface area contributed by atoms with Gasteiger partial charge in [-0.05, 0) is 36.2 Å². The van der Waals surface area contributed by atoms with Crippen molar-refractivity contribution in [1.29, 1.82) is 0 Å². The highest BCUT2D eigenvalue weighted by atomic mass is 35.5. The monoisotopic (exact) mass is 447 g/mol. The van der Waals surface area contributed by atoms with Gasteiger partial charge in [0.15, 0.2) is 15.1 Å². The molecule has 0 amide bonds. The Balaban J connectivity index is 1.78. The number of sulfone groups is 1. The first-order valence-corrected chi connectivity index (χ1v) is 11.2. The number of rotatable bonds is 4. The third kappa shape index (κ3) is 3.74. The quantitative estimate of drug-likeness (QED) is 0.665. The van der Waals surface area contributed by atoms with Gasteiger partial charge in [0.1, 0.15) is 0 Å². The second-order valence-electron chi connectivity index (χ2n) is 6.99. The SMILES string of the molecule is O=C1C=CC(=O)OC2(O1)C(S(=O)(=O)c1ccc(Cl)cc1)CCN2Cc1ccccc1. The van der Waals surface area contributed by atoms with Gasteiger partial charge in [0.05, 0.1) is 4.90 Å². The summed E-state index contributed by atoms with van der Waals surface area (Å²) in [7, 11) is -4.03. The molecular formula is C21H18ClNO6S. The maximum absolute atomic E-state index is 13.5. The van der Waals surface area contributed by atoms with E-state index in [9.17, 15) is 18.0 Å². The molecule has 0 radical (unpaired) electrons. The van der Waals surface area contributed by atoms with Gasteiger partial charge in [0.25, 0.3) is 0 Å². The predicted molar refractivity (Wildman–Crippen MR) is 108 cm³/mol. The highest BCUT2D eigenvalue weighted by molar-refractivity contribution is 7.92. The van der Waals surface area contributed by atoms with Crippen molar-refractivity contribution in [1.82, 2.24) is 4.90 Å². The Labute approximate surface area is 178 Å². The first-order chi connectivity index (χ1) is 14.3. The third-order valence-corrected chi connectivity index (χ3v) is 7.55. The molecular weight excluding hydrogens is 430 g/mol. The van der Waals surface area contributed by atoms with Crippen LogP contribution in [-0.4, -0.2) is 43.0 Å². The molecule has 0 bridgehead atoms. The Morgan fingerprint density at radius 1 is 0.967 bits per heavy atom. The fourth-order valence-corrected chi connectivity index (χ4v) is 5.74. The maximum atomic E-state index is 13.5. The van der Waals surface area contributed by atoms with E-state index in [1.54, 1.807) is 4.90 Å². The van der Waals surface area contributed by atoms with E-state index in [-0.39, 0.29) is 24.4 Å². The van der Waals surface area contributed by atoms with Crippen LogP contribution < -0.4 is 0 Å². The molecule has 2 heterocycles. The number of halogens is 1. The third-order valence-electron chi connectivity index (χ3n) is 5.09. The van der Waals surface area contributed by atoms with Gasteiger partial charge in [-0.2, -0.15) is 0 Å². The number of esters is 2. The van der Waals surface area contributed by atoms with Gasteiger partial charge in [0.2, 0.25) is 0 Å². The zero-order valence-electron chi connectivity index (χ0n) is 15.7. The molecule has 1 spiro atoms. The molecule has 2 aliphatic heterocycles. The largest absolute Gasteiger partial charge is 0.404 e. The Bertz CT molecular complexity index is 1080. The van der Waals surface area contributed by atoms with E-state index in [2.05, 4.69) is 0 Å².